The Kier molecular flexibility index (Phi) is 3.46. The molecule has 2 saturated heterocycles. The summed E-state index contributed by atoms with van der Waals surface area (Å²) in [4.78, 5) is 0. The number of anilines is 1. The lowest BCUT2D eigenvalue weighted by atomic mass is 9.93. The van der Waals surface area contributed by atoms with Crippen LogP contribution >= 0.6 is 23.5 Å². The zero-order valence-electron chi connectivity index (χ0n) is 10.5. The van der Waals surface area contributed by atoms with Crippen molar-refractivity contribution in [2.24, 2.45) is 7.05 Å². The monoisotopic (exact) mass is 286 g/mol. The Morgan fingerprint density at radius 2 is 2.44 bits per heavy atom. The van der Waals surface area contributed by atoms with E-state index in [-0.39, 0.29) is 5.60 Å². The van der Waals surface area contributed by atoms with E-state index in [0.29, 0.717) is 11.2 Å². The second-order valence-electron chi connectivity index (χ2n) is 4.97. The molecule has 0 aromatic carbocycles. The number of thioether (sulfide) groups is 2. The molecule has 2 aliphatic rings. The van der Waals surface area contributed by atoms with Crippen LogP contribution in [0.2, 0.25) is 0 Å². The van der Waals surface area contributed by atoms with Crippen molar-refractivity contribution in [1.82, 2.24) is 14.8 Å². The second-order valence-corrected chi connectivity index (χ2v) is 7.34. The van der Waals surface area contributed by atoms with Crippen LogP contribution in [-0.2, 0) is 11.8 Å². The highest BCUT2D eigenvalue weighted by Crippen LogP contribution is 2.42. The first-order valence-electron chi connectivity index (χ1n) is 6.22. The molecule has 5 nitrogen and oxygen atoms in total. The molecule has 2 fully saturated rings. The lowest BCUT2D eigenvalue weighted by Crippen LogP contribution is -2.41. The van der Waals surface area contributed by atoms with Gasteiger partial charge in [-0.2, -0.15) is 11.8 Å². The first kappa shape index (κ1) is 12.6. The standard InChI is InChI=1S/C11H18N4OS2/c1-15-9(12)13-14-10(15)18-8-2-4-16-11(6-8)3-5-17-7-11/h8H,2-7H2,1H3,(H2,12,13). The van der Waals surface area contributed by atoms with Gasteiger partial charge in [-0.25, -0.2) is 0 Å². The molecule has 2 aliphatic heterocycles. The first-order chi connectivity index (χ1) is 8.69. The molecule has 2 unspecified atom stereocenters. The molecule has 0 radical (unpaired) electrons. The number of nitrogens with zero attached hydrogens (tertiary/aromatic N) is 3. The van der Waals surface area contributed by atoms with Gasteiger partial charge in [0, 0.05) is 24.7 Å². The fraction of sp³-hybridized carbons (Fsp3) is 0.818. The predicted molar refractivity (Wildman–Crippen MR) is 74.9 cm³/mol. The van der Waals surface area contributed by atoms with Crippen LogP contribution in [0.3, 0.4) is 0 Å². The lowest BCUT2D eigenvalue weighted by molar-refractivity contribution is -0.0562. The van der Waals surface area contributed by atoms with Crippen LogP contribution in [0.1, 0.15) is 19.3 Å². The van der Waals surface area contributed by atoms with E-state index in [9.17, 15) is 0 Å². The molecule has 2 N–H and O–H groups in total. The Morgan fingerprint density at radius 1 is 1.56 bits per heavy atom. The third kappa shape index (κ3) is 2.35. The highest BCUT2D eigenvalue weighted by atomic mass is 32.2. The summed E-state index contributed by atoms with van der Waals surface area (Å²) in [5.41, 5.74) is 5.84. The van der Waals surface area contributed by atoms with E-state index in [4.69, 9.17) is 10.5 Å². The van der Waals surface area contributed by atoms with Gasteiger partial charge in [-0.15, -0.1) is 10.2 Å². The van der Waals surface area contributed by atoms with Crippen molar-refractivity contribution >= 4 is 29.5 Å². The van der Waals surface area contributed by atoms with Crippen LogP contribution in [0.15, 0.2) is 5.16 Å². The van der Waals surface area contributed by atoms with Crippen molar-refractivity contribution in [3.8, 4) is 0 Å². The van der Waals surface area contributed by atoms with Crippen molar-refractivity contribution < 1.29 is 4.74 Å². The van der Waals surface area contributed by atoms with E-state index in [1.54, 1.807) is 11.8 Å². The smallest absolute Gasteiger partial charge is 0.222 e. The lowest BCUT2D eigenvalue weighted by Gasteiger charge is -2.37. The van der Waals surface area contributed by atoms with Gasteiger partial charge in [-0.05, 0) is 25.0 Å². The molecular weight excluding hydrogens is 268 g/mol. The summed E-state index contributed by atoms with van der Waals surface area (Å²) in [6.07, 6.45) is 3.40. The molecule has 0 bridgehead atoms. The van der Waals surface area contributed by atoms with Gasteiger partial charge < -0.3 is 10.5 Å². The Bertz CT molecular complexity index is 431. The van der Waals surface area contributed by atoms with Gasteiger partial charge in [0.05, 0.1) is 5.60 Å². The number of nitrogens with two attached hydrogens (primary N) is 1. The number of hydrogen-bond donors (Lipinski definition) is 1. The zero-order valence-corrected chi connectivity index (χ0v) is 12.1. The van der Waals surface area contributed by atoms with Gasteiger partial charge in [0.15, 0.2) is 5.16 Å². The van der Waals surface area contributed by atoms with E-state index in [1.165, 1.54) is 12.2 Å². The maximum absolute atomic E-state index is 6.03. The SMILES string of the molecule is Cn1c(N)nnc1SC1CCOC2(CCSC2)C1. The molecule has 2 atom stereocenters. The normalized spacial score (nSPS) is 32.2. The van der Waals surface area contributed by atoms with Crippen molar-refractivity contribution in [2.75, 3.05) is 23.8 Å². The average molecular weight is 286 g/mol. The fourth-order valence-corrected chi connectivity index (χ4v) is 5.14. The fourth-order valence-electron chi connectivity index (χ4n) is 2.52. The van der Waals surface area contributed by atoms with Gasteiger partial charge in [0.1, 0.15) is 0 Å². The number of rotatable bonds is 2. The average Bonchev–Trinajstić information content (AvgIpc) is 2.92. The molecule has 3 heterocycles. The van der Waals surface area contributed by atoms with Gasteiger partial charge >= 0.3 is 0 Å². The third-order valence-electron chi connectivity index (χ3n) is 3.66. The maximum Gasteiger partial charge on any atom is 0.222 e. The summed E-state index contributed by atoms with van der Waals surface area (Å²) in [7, 11) is 1.91. The third-order valence-corrected chi connectivity index (χ3v) is 6.18. The van der Waals surface area contributed by atoms with Crippen LogP contribution < -0.4 is 5.73 Å². The Hall–Kier alpha value is -0.400. The van der Waals surface area contributed by atoms with Crippen molar-refractivity contribution in [3.05, 3.63) is 0 Å². The summed E-state index contributed by atoms with van der Waals surface area (Å²) in [6.45, 7) is 0.867. The van der Waals surface area contributed by atoms with E-state index < -0.39 is 0 Å². The Morgan fingerprint density at radius 3 is 3.11 bits per heavy atom. The van der Waals surface area contributed by atoms with Crippen LogP contribution in [-0.4, -0.2) is 43.7 Å². The molecule has 100 valence electrons. The highest BCUT2D eigenvalue weighted by molar-refractivity contribution is 8.00. The molecule has 3 rings (SSSR count). The molecule has 1 aromatic rings. The zero-order chi connectivity index (χ0) is 12.6. The number of aromatic nitrogens is 3. The molecule has 0 amide bonds. The second kappa shape index (κ2) is 4.94. The van der Waals surface area contributed by atoms with Gasteiger partial charge in [-0.1, -0.05) is 11.8 Å². The molecule has 0 saturated carbocycles. The summed E-state index contributed by atoms with van der Waals surface area (Å²) < 4.78 is 7.89. The van der Waals surface area contributed by atoms with Crippen molar-refractivity contribution in [3.63, 3.8) is 0 Å². The number of ether oxygens (including phenoxy) is 1. The maximum atomic E-state index is 6.03. The molecule has 18 heavy (non-hydrogen) atoms. The minimum atomic E-state index is 0.130. The van der Waals surface area contributed by atoms with E-state index in [0.717, 1.165) is 30.4 Å². The van der Waals surface area contributed by atoms with Crippen LogP contribution in [0.25, 0.3) is 0 Å². The quantitative estimate of drug-likeness (QED) is 0.889. The van der Waals surface area contributed by atoms with Crippen LogP contribution in [0.5, 0.6) is 0 Å². The minimum Gasteiger partial charge on any atom is -0.374 e. The van der Waals surface area contributed by atoms with Gasteiger partial charge in [0.2, 0.25) is 5.95 Å². The van der Waals surface area contributed by atoms with E-state index >= 15 is 0 Å². The minimum absolute atomic E-state index is 0.130. The molecule has 0 aliphatic carbocycles. The summed E-state index contributed by atoms with van der Waals surface area (Å²) >= 11 is 3.80. The Labute approximate surface area is 115 Å². The van der Waals surface area contributed by atoms with E-state index in [1.807, 2.05) is 23.4 Å². The first-order valence-corrected chi connectivity index (χ1v) is 8.25. The summed E-state index contributed by atoms with van der Waals surface area (Å²) in [5.74, 6) is 2.86. The number of hydrogen-bond acceptors (Lipinski definition) is 6. The largest absolute Gasteiger partial charge is 0.374 e. The summed E-state index contributed by atoms with van der Waals surface area (Å²) in [6, 6.07) is 0. The van der Waals surface area contributed by atoms with Crippen LogP contribution in [0, 0.1) is 0 Å². The highest BCUT2D eigenvalue weighted by Gasteiger charge is 2.41. The number of nitrogen functional groups attached to an aromatic ring is 1. The Balaban J connectivity index is 1.68. The predicted octanol–water partition coefficient (Wildman–Crippen LogP) is 1.54. The molecule has 7 heteroatoms. The molecular formula is C11H18N4OS2. The van der Waals surface area contributed by atoms with Crippen molar-refractivity contribution in [2.45, 2.75) is 35.3 Å². The van der Waals surface area contributed by atoms with Gasteiger partial charge in [0.25, 0.3) is 0 Å². The van der Waals surface area contributed by atoms with Crippen molar-refractivity contribution in [1.29, 1.82) is 0 Å². The topological polar surface area (TPSA) is 66.0 Å². The summed E-state index contributed by atoms with van der Waals surface area (Å²) in [5, 5.41) is 9.52. The van der Waals surface area contributed by atoms with Gasteiger partial charge in [-0.3, -0.25) is 4.57 Å². The van der Waals surface area contributed by atoms with Crippen LogP contribution in [0.4, 0.5) is 5.95 Å². The molecule has 1 aromatic heterocycles. The molecule has 1 spiro atoms. The van der Waals surface area contributed by atoms with E-state index in [2.05, 4.69) is 10.2 Å².